The maximum atomic E-state index is 13.8. The summed E-state index contributed by atoms with van der Waals surface area (Å²) in [6, 6.07) is 5.56. The van der Waals surface area contributed by atoms with E-state index in [1.54, 1.807) is 13.0 Å². The van der Waals surface area contributed by atoms with E-state index < -0.39 is 0 Å². The normalized spacial score (nSPS) is 12.6. The van der Waals surface area contributed by atoms with Crippen LogP contribution in [0.3, 0.4) is 0 Å². The zero-order valence-electron chi connectivity index (χ0n) is 13.1. The van der Waals surface area contributed by atoms with Crippen molar-refractivity contribution in [2.75, 3.05) is 6.54 Å². The average molecular weight is 289 g/mol. The van der Waals surface area contributed by atoms with Gasteiger partial charge in [-0.3, -0.25) is 0 Å². The molecule has 1 aromatic heterocycles. The molecule has 1 heterocycles. The van der Waals surface area contributed by atoms with E-state index >= 15 is 0 Å². The van der Waals surface area contributed by atoms with Crippen molar-refractivity contribution in [2.45, 2.75) is 46.2 Å². The highest BCUT2D eigenvalue weighted by molar-refractivity contribution is 5.26. The summed E-state index contributed by atoms with van der Waals surface area (Å²) in [6.07, 6.45) is 5.69. The molecule has 1 unspecified atom stereocenters. The van der Waals surface area contributed by atoms with Crippen molar-refractivity contribution >= 4 is 0 Å². The number of rotatable bonds is 7. The molecule has 0 spiro atoms. The molecule has 114 valence electrons. The highest BCUT2D eigenvalue weighted by Crippen LogP contribution is 2.20. The molecule has 4 heteroatoms. The average Bonchev–Trinajstić information content (AvgIpc) is 2.89. The summed E-state index contributed by atoms with van der Waals surface area (Å²) in [6.45, 7) is 7.82. The van der Waals surface area contributed by atoms with Crippen LogP contribution in [0.5, 0.6) is 0 Å². The number of aryl methyl sites for hydroxylation is 2. The van der Waals surface area contributed by atoms with Crippen LogP contribution < -0.4 is 5.32 Å². The van der Waals surface area contributed by atoms with Gasteiger partial charge in [-0.2, -0.15) is 0 Å². The Morgan fingerprint density at radius 1 is 1.33 bits per heavy atom. The fraction of sp³-hybridized carbons (Fsp3) is 0.471. The van der Waals surface area contributed by atoms with Crippen LogP contribution in [0.4, 0.5) is 4.39 Å². The second-order valence-electron chi connectivity index (χ2n) is 5.36. The maximum Gasteiger partial charge on any atom is 0.126 e. The molecular weight excluding hydrogens is 265 g/mol. The zero-order chi connectivity index (χ0) is 15.2. The standard InChI is InChI=1S/C17H24FN3/c1-4-9-21-10-8-20-17(21)12-16(19-5-2)14-7-6-13(3)15(18)11-14/h6-8,10-11,16,19H,4-5,9,12H2,1-3H3. The number of aromatic nitrogens is 2. The third kappa shape index (κ3) is 3.91. The Morgan fingerprint density at radius 3 is 2.81 bits per heavy atom. The van der Waals surface area contributed by atoms with E-state index in [0.29, 0.717) is 5.56 Å². The van der Waals surface area contributed by atoms with Gasteiger partial charge in [0, 0.05) is 31.4 Å². The number of hydrogen-bond acceptors (Lipinski definition) is 2. The predicted molar refractivity (Wildman–Crippen MR) is 83.8 cm³/mol. The Balaban J connectivity index is 2.22. The third-order valence-corrected chi connectivity index (χ3v) is 3.70. The van der Waals surface area contributed by atoms with Crippen molar-refractivity contribution < 1.29 is 4.39 Å². The quantitative estimate of drug-likeness (QED) is 0.843. The van der Waals surface area contributed by atoms with Crippen LogP contribution in [0, 0.1) is 12.7 Å². The number of nitrogens with zero attached hydrogens (tertiary/aromatic N) is 2. The van der Waals surface area contributed by atoms with Gasteiger partial charge in [-0.1, -0.05) is 26.0 Å². The molecule has 0 saturated carbocycles. The lowest BCUT2D eigenvalue weighted by molar-refractivity contribution is 0.511. The van der Waals surface area contributed by atoms with E-state index in [-0.39, 0.29) is 11.9 Å². The van der Waals surface area contributed by atoms with Crippen LogP contribution in [0.25, 0.3) is 0 Å². The molecule has 21 heavy (non-hydrogen) atoms. The Morgan fingerprint density at radius 2 is 2.14 bits per heavy atom. The highest BCUT2D eigenvalue weighted by atomic mass is 19.1. The summed E-state index contributed by atoms with van der Waals surface area (Å²) in [5.41, 5.74) is 1.66. The summed E-state index contributed by atoms with van der Waals surface area (Å²) in [5, 5.41) is 3.43. The Bertz CT molecular complexity index is 577. The molecule has 0 saturated heterocycles. The number of hydrogen-bond donors (Lipinski definition) is 1. The topological polar surface area (TPSA) is 29.9 Å². The van der Waals surface area contributed by atoms with Crippen LogP contribution >= 0.6 is 0 Å². The van der Waals surface area contributed by atoms with E-state index in [1.165, 1.54) is 0 Å². The minimum atomic E-state index is -0.146. The molecule has 3 nitrogen and oxygen atoms in total. The number of likely N-dealkylation sites (N-methyl/N-ethyl adjacent to an activating group) is 1. The summed E-state index contributed by atoms with van der Waals surface area (Å²) in [5.74, 6) is 0.899. The predicted octanol–water partition coefficient (Wildman–Crippen LogP) is 3.63. The monoisotopic (exact) mass is 289 g/mol. The molecule has 2 aromatic rings. The first kappa shape index (κ1) is 15.7. The van der Waals surface area contributed by atoms with E-state index in [9.17, 15) is 4.39 Å². The van der Waals surface area contributed by atoms with Crippen LogP contribution in [0.2, 0.25) is 0 Å². The largest absolute Gasteiger partial charge is 0.335 e. The fourth-order valence-corrected chi connectivity index (χ4v) is 2.54. The lowest BCUT2D eigenvalue weighted by atomic mass is 10.0. The lowest BCUT2D eigenvalue weighted by Crippen LogP contribution is -2.24. The molecule has 1 aromatic carbocycles. The molecule has 2 rings (SSSR count). The molecule has 0 aliphatic heterocycles. The molecule has 0 aliphatic rings. The van der Waals surface area contributed by atoms with Crippen LogP contribution in [-0.2, 0) is 13.0 Å². The first-order valence-corrected chi connectivity index (χ1v) is 7.65. The highest BCUT2D eigenvalue weighted by Gasteiger charge is 2.15. The molecule has 1 atom stereocenters. The Hall–Kier alpha value is -1.68. The Labute approximate surface area is 126 Å². The van der Waals surface area contributed by atoms with Gasteiger partial charge in [0.05, 0.1) is 0 Å². The van der Waals surface area contributed by atoms with Crippen molar-refractivity contribution in [1.29, 1.82) is 0 Å². The van der Waals surface area contributed by atoms with Crippen molar-refractivity contribution in [3.63, 3.8) is 0 Å². The minimum Gasteiger partial charge on any atom is -0.335 e. The van der Waals surface area contributed by atoms with Gasteiger partial charge in [0.25, 0.3) is 0 Å². The van der Waals surface area contributed by atoms with Crippen molar-refractivity contribution in [3.05, 3.63) is 53.4 Å². The van der Waals surface area contributed by atoms with Gasteiger partial charge >= 0.3 is 0 Å². The summed E-state index contributed by atoms with van der Waals surface area (Å²) in [7, 11) is 0. The number of benzene rings is 1. The van der Waals surface area contributed by atoms with Gasteiger partial charge in [-0.15, -0.1) is 0 Å². The molecular formula is C17H24FN3. The molecule has 1 N–H and O–H groups in total. The first-order chi connectivity index (χ1) is 10.2. The second-order valence-corrected chi connectivity index (χ2v) is 5.36. The number of nitrogens with one attached hydrogen (secondary N) is 1. The fourth-order valence-electron chi connectivity index (χ4n) is 2.54. The van der Waals surface area contributed by atoms with Gasteiger partial charge in [0.1, 0.15) is 11.6 Å². The molecule has 0 bridgehead atoms. The van der Waals surface area contributed by atoms with Crippen LogP contribution in [-0.4, -0.2) is 16.1 Å². The van der Waals surface area contributed by atoms with E-state index in [1.807, 2.05) is 24.5 Å². The van der Waals surface area contributed by atoms with Crippen molar-refractivity contribution in [1.82, 2.24) is 14.9 Å². The zero-order valence-corrected chi connectivity index (χ0v) is 13.1. The SMILES string of the molecule is CCCn1ccnc1CC(NCC)c1ccc(C)c(F)c1. The molecule has 0 radical (unpaired) electrons. The van der Waals surface area contributed by atoms with Crippen molar-refractivity contribution in [2.24, 2.45) is 0 Å². The first-order valence-electron chi connectivity index (χ1n) is 7.65. The lowest BCUT2D eigenvalue weighted by Gasteiger charge is -2.19. The Kier molecular flexibility index (Phi) is 5.51. The summed E-state index contributed by atoms with van der Waals surface area (Å²) < 4.78 is 16.0. The molecule has 0 amide bonds. The second kappa shape index (κ2) is 7.36. The maximum absolute atomic E-state index is 13.8. The van der Waals surface area contributed by atoms with Crippen LogP contribution in [0.15, 0.2) is 30.6 Å². The number of imidazole rings is 1. The van der Waals surface area contributed by atoms with Gasteiger partial charge in [-0.25, -0.2) is 9.37 Å². The van der Waals surface area contributed by atoms with Gasteiger partial charge in [0.15, 0.2) is 0 Å². The summed E-state index contributed by atoms with van der Waals surface area (Å²) >= 11 is 0. The van der Waals surface area contributed by atoms with Crippen LogP contribution in [0.1, 0.15) is 43.3 Å². The smallest absolute Gasteiger partial charge is 0.126 e. The van der Waals surface area contributed by atoms with E-state index in [0.717, 1.165) is 37.3 Å². The van der Waals surface area contributed by atoms with Gasteiger partial charge < -0.3 is 9.88 Å². The van der Waals surface area contributed by atoms with Crippen molar-refractivity contribution in [3.8, 4) is 0 Å². The minimum absolute atomic E-state index is 0.0862. The summed E-state index contributed by atoms with van der Waals surface area (Å²) in [4.78, 5) is 4.45. The van der Waals surface area contributed by atoms with E-state index in [4.69, 9.17) is 0 Å². The van der Waals surface area contributed by atoms with E-state index in [2.05, 4.69) is 28.7 Å². The van der Waals surface area contributed by atoms with Gasteiger partial charge in [-0.05, 0) is 37.1 Å². The molecule has 0 fully saturated rings. The molecule has 0 aliphatic carbocycles. The van der Waals surface area contributed by atoms with Gasteiger partial charge in [0.2, 0.25) is 0 Å². The third-order valence-electron chi connectivity index (χ3n) is 3.70. The number of halogens is 1.